The predicted molar refractivity (Wildman–Crippen MR) is 59.2 cm³/mol. The van der Waals surface area contributed by atoms with Gasteiger partial charge in [0.25, 0.3) is 0 Å². The number of carbonyl (C=O) groups is 1. The van der Waals surface area contributed by atoms with E-state index in [2.05, 4.69) is 13.5 Å². The highest BCUT2D eigenvalue weighted by molar-refractivity contribution is 5.70. The van der Waals surface area contributed by atoms with Crippen LogP contribution in [0.15, 0.2) is 12.7 Å². The van der Waals surface area contributed by atoms with Crippen LogP contribution in [0.4, 0.5) is 0 Å². The maximum atomic E-state index is 11.0. The van der Waals surface area contributed by atoms with Crippen molar-refractivity contribution in [3.8, 4) is 0 Å². The van der Waals surface area contributed by atoms with Crippen molar-refractivity contribution in [2.24, 2.45) is 17.3 Å². The summed E-state index contributed by atoms with van der Waals surface area (Å²) < 4.78 is 0. The molecule has 0 aromatic heterocycles. The molecule has 0 saturated heterocycles. The van der Waals surface area contributed by atoms with E-state index in [9.17, 15) is 4.79 Å². The molecular formula is C12H22O2. The van der Waals surface area contributed by atoms with Crippen LogP contribution in [0.25, 0.3) is 0 Å². The highest BCUT2D eigenvalue weighted by atomic mass is 16.4. The second kappa shape index (κ2) is 5.18. The molecule has 2 atom stereocenters. The number of aliphatic carboxylic acids is 1. The van der Waals surface area contributed by atoms with Crippen LogP contribution in [0, 0.1) is 17.3 Å². The molecule has 0 fully saturated rings. The van der Waals surface area contributed by atoms with E-state index in [1.54, 1.807) is 0 Å². The number of carboxylic acid groups (broad SMARTS) is 1. The molecule has 2 unspecified atom stereocenters. The van der Waals surface area contributed by atoms with E-state index in [4.69, 9.17) is 5.11 Å². The quantitative estimate of drug-likeness (QED) is 0.665. The maximum absolute atomic E-state index is 11.0. The number of rotatable bonds is 6. The topological polar surface area (TPSA) is 37.3 Å². The van der Waals surface area contributed by atoms with Gasteiger partial charge < -0.3 is 5.11 Å². The Kier molecular flexibility index (Phi) is 4.89. The van der Waals surface area contributed by atoms with E-state index in [1.165, 1.54) is 0 Å². The Bertz CT molecular complexity index is 206. The van der Waals surface area contributed by atoms with Crippen LogP contribution >= 0.6 is 0 Å². The first kappa shape index (κ1) is 13.2. The van der Waals surface area contributed by atoms with Gasteiger partial charge in [0, 0.05) is 0 Å². The third-order valence-corrected chi connectivity index (χ3v) is 2.90. The Labute approximate surface area is 87.0 Å². The minimum Gasteiger partial charge on any atom is -0.481 e. The number of hydrogen-bond acceptors (Lipinski definition) is 1. The smallest absolute Gasteiger partial charge is 0.307 e. The Morgan fingerprint density at radius 1 is 1.57 bits per heavy atom. The molecule has 0 aliphatic heterocycles. The Morgan fingerprint density at radius 3 is 2.36 bits per heavy atom. The van der Waals surface area contributed by atoms with Crippen molar-refractivity contribution in [2.75, 3.05) is 0 Å². The van der Waals surface area contributed by atoms with Crippen molar-refractivity contribution < 1.29 is 9.90 Å². The van der Waals surface area contributed by atoms with Crippen molar-refractivity contribution in [1.82, 2.24) is 0 Å². The molecule has 0 aliphatic carbocycles. The van der Waals surface area contributed by atoms with E-state index >= 15 is 0 Å². The Balaban J connectivity index is 4.55. The van der Waals surface area contributed by atoms with Crippen LogP contribution in [-0.4, -0.2) is 11.1 Å². The molecule has 0 heterocycles. The molecule has 0 bridgehead atoms. The molecule has 0 saturated carbocycles. The van der Waals surface area contributed by atoms with E-state index in [0.29, 0.717) is 12.3 Å². The van der Waals surface area contributed by atoms with E-state index in [-0.39, 0.29) is 11.3 Å². The molecular weight excluding hydrogens is 176 g/mol. The van der Waals surface area contributed by atoms with Gasteiger partial charge in [0.2, 0.25) is 0 Å². The summed E-state index contributed by atoms with van der Waals surface area (Å²) in [5.74, 6) is -0.572. The minimum atomic E-state index is -0.686. The lowest BCUT2D eigenvalue weighted by atomic mass is 9.72. The second-order valence-corrected chi connectivity index (χ2v) is 4.70. The summed E-state index contributed by atoms with van der Waals surface area (Å²) in [5.41, 5.74) is -0.159. The fourth-order valence-corrected chi connectivity index (χ4v) is 2.12. The minimum absolute atomic E-state index is 0.159. The molecule has 0 aliphatic rings. The summed E-state index contributed by atoms with van der Waals surface area (Å²) in [5, 5.41) is 9.07. The first-order chi connectivity index (χ1) is 6.35. The normalized spacial score (nSPS) is 16.0. The zero-order valence-corrected chi connectivity index (χ0v) is 9.71. The molecule has 1 N–H and O–H groups in total. The van der Waals surface area contributed by atoms with Gasteiger partial charge in [-0.25, -0.2) is 0 Å². The highest BCUT2D eigenvalue weighted by Crippen LogP contribution is 2.36. The molecule has 2 heteroatoms. The second-order valence-electron chi connectivity index (χ2n) is 4.70. The van der Waals surface area contributed by atoms with Gasteiger partial charge in [0.15, 0.2) is 0 Å². The van der Waals surface area contributed by atoms with E-state index < -0.39 is 5.97 Å². The molecule has 82 valence electrons. The largest absolute Gasteiger partial charge is 0.481 e. The SMILES string of the molecule is C=CC(C)CC(C)(C)C(CC)C(=O)O. The molecule has 0 amide bonds. The summed E-state index contributed by atoms with van der Waals surface area (Å²) in [6.45, 7) is 11.8. The van der Waals surface area contributed by atoms with Crippen LogP contribution in [0.5, 0.6) is 0 Å². The lowest BCUT2D eigenvalue weighted by molar-refractivity contribution is -0.146. The molecule has 0 spiro atoms. The van der Waals surface area contributed by atoms with Gasteiger partial charge >= 0.3 is 5.97 Å². The number of hydrogen-bond donors (Lipinski definition) is 1. The summed E-state index contributed by atoms with van der Waals surface area (Å²) >= 11 is 0. The van der Waals surface area contributed by atoms with Gasteiger partial charge in [-0.15, -0.1) is 6.58 Å². The Morgan fingerprint density at radius 2 is 2.07 bits per heavy atom. The number of allylic oxidation sites excluding steroid dienone is 1. The summed E-state index contributed by atoms with van der Waals surface area (Å²) in [6.07, 6.45) is 3.45. The highest BCUT2D eigenvalue weighted by Gasteiger charge is 2.34. The monoisotopic (exact) mass is 198 g/mol. The van der Waals surface area contributed by atoms with Crippen molar-refractivity contribution in [3.05, 3.63) is 12.7 Å². The van der Waals surface area contributed by atoms with Crippen molar-refractivity contribution in [3.63, 3.8) is 0 Å². The third kappa shape index (κ3) is 3.52. The van der Waals surface area contributed by atoms with Crippen LogP contribution in [-0.2, 0) is 4.79 Å². The van der Waals surface area contributed by atoms with Gasteiger partial charge in [0.05, 0.1) is 5.92 Å². The van der Waals surface area contributed by atoms with Gasteiger partial charge in [-0.3, -0.25) is 4.79 Å². The zero-order valence-electron chi connectivity index (χ0n) is 9.71. The lowest BCUT2D eigenvalue weighted by Gasteiger charge is -2.32. The van der Waals surface area contributed by atoms with Crippen molar-refractivity contribution in [1.29, 1.82) is 0 Å². The summed E-state index contributed by atoms with van der Waals surface area (Å²) in [4.78, 5) is 11.0. The molecule has 0 radical (unpaired) electrons. The molecule has 14 heavy (non-hydrogen) atoms. The van der Waals surface area contributed by atoms with Gasteiger partial charge in [-0.2, -0.15) is 0 Å². The lowest BCUT2D eigenvalue weighted by Crippen LogP contribution is -2.31. The van der Waals surface area contributed by atoms with Crippen LogP contribution in [0.1, 0.15) is 40.5 Å². The van der Waals surface area contributed by atoms with Gasteiger partial charge in [-0.05, 0) is 24.2 Å². The molecule has 0 aromatic rings. The maximum Gasteiger partial charge on any atom is 0.307 e. The molecule has 2 nitrogen and oxygen atoms in total. The average molecular weight is 198 g/mol. The first-order valence-corrected chi connectivity index (χ1v) is 5.20. The fraction of sp³-hybridized carbons (Fsp3) is 0.750. The van der Waals surface area contributed by atoms with Crippen LogP contribution in [0.3, 0.4) is 0 Å². The molecule has 0 aromatic carbocycles. The fourth-order valence-electron chi connectivity index (χ4n) is 2.12. The van der Waals surface area contributed by atoms with Gasteiger partial charge in [-0.1, -0.05) is 33.8 Å². The first-order valence-electron chi connectivity index (χ1n) is 5.20. The predicted octanol–water partition coefficient (Wildman–Crippen LogP) is 3.34. The van der Waals surface area contributed by atoms with Gasteiger partial charge in [0.1, 0.15) is 0 Å². The zero-order chi connectivity index (χ0) is 11.4. The van der Waals surface area contributed by atoms with E-state index in [0.717, 1.165) is 6.42 Å². The number of carboxylic acids is 1. The third-order valence-electron chi connectivity index (χ3n) is 2.90. The summed E-state index contributed by atoms with van der Waals surface area (Å²) in [7, 11) is 0. The standard InChI is InChI=1S/C12H22O2/c1-6-9(3)8-12(4,5)10(7-2)11(13)14/h6,9-10H,1,7-8H2,2-5H3,(H,13,14). The average Bonchev–Trinajstić information content (AvgIpc) is 2.02. The van der Waals surface area contributed by atoms with Crippen LogP contribution < -0.4 is 0 Å². The Hall–Kier alpha value is -0.790. The van der Waals surface area contributed by atoms with E-state index in [1.807, 2.05) is 26.8 Å². The molecule has 0 rings (SSSR count). The van der Waals surface area contributed by atoms with Crippen molar-refractivity contribution >= 4 is 5.97 Å². The van der Waals surface area contributed by atoms with Crippen LogP contribution in [0.2, 0.25) is 0 Å². The van der Waals surface area contributed by atoms with Crippen molar-refractivity contribution in [2.45, 2.75) is 40.5 Å². The summed E-state index contributed by atoms with van der Waals surface area (Å²) in [6, 6.07) is 0.